The highest BCUT2D eigenvalue weighted by Crippen LogP contribution is 2.15. The Morgan fingerprint density at radius 1 is 1.33 bits per heavy atom. The lowest BCUT2D eigenvalue weighted by molar-refractivity contribution is 0.184. The Balaban J connectivity index is 2.33. The molecule has 2 rings (SSSR count). The molecule has 0 amide bonds. The van der Waals surface area contributed by atoms with Crippen LogP contribution in [-0.4, -0.2) is 33.9 Å². The van der Waals surface area contributed by atoms with E-state index in [2.05, 4.69) is 20.8 Å². The summed E-state index contributed by atoms with van der Waals surface area (Å²) < 4.78 is 6.94. The summed E-state index contributed by atoms with van der Waals surface area (Å²) in [5.41, 5.74) is 2.02. The maximum atomic E-state index is 5.19. The number of hydrogen-bond donors (Lipinski definition) is 1. The van der Waals surface area contributed by atoms with Crippen LogP contribution in [0.4, 0.5) is 0 Å². The molecular weight excluding hydrogens is 230 g/mol. The first-order chi connectivity index (χ1) is 8.86. The molecule has 0 aliphatic carbocycles. The van der Waals surface area contributed by atoms with E-state index in [-0.39, 0.29) is 0 Å². The van der Waals surface area contributed by atoms with E-state index in [1.807, 2.05) is 31.2 Å². The van der Waals surface area contributed by atoms with Crippen molar-refractivity contribution in [1.29, 1.82) is 0 Å². The van der Waals surface area contributed by atoms with Gasteiger partial charge in [0.2, 0.25) is 0 Å². The standard InChI is InChI=1S/C12H17N5O/c1-3-13-8-12-14-15-16-17(12)11-7-5-4-6-10(11)9-18-2/h4-7,13H,3,8-9H2,1-2H3. The molecule has 0 aliphatic rings. The average molecular weight is 247 g/mol. The van der Waals surface area contributed by atoms with E-state index in [9.17, 15) is 0 Å². The molecule has 0 saturated carbocycles. The van der Waals surface area contributed by atoms with Crippen LogP contribution >= 0.6 is 0 Å². The van der Waals surface area contributed by atoms with E-state index in [1.165, 1.54) is 0 Å². The van der Waals surface area contributed by atoms with E-state index in [0.717, 1.165) is 23.6 Å². The number of ether oxygens (including phenoxy) is 1. The molecule has 6 heteroatoms. The monoisotopic (exact) mass is 247 g/mol. The van der Waals surface area contributed by atoms with Crippen LogP contribution in [0.1, 0.15) is 18.3 Å². The molecule has 1 aromatic heterocycles. The minimum atomic E-state index is 0.538. The predicted octanol–water partition coefficient (Wildman–Crippen LogP) is 0.918. The maximum Gasteiger partial charge on any atom is 0.170 e. The topological polar surface area (TPSA) is 64.9 Å². The van der Waals surface area contributed by atoms with Crippen LogP contribution in [0.5, 0.6) is 0 Å². The van der Waals surface area contributed by atoms with Crippen LogP contribution in [0, 0.1) is 0 Å². The second kappa shape index (κ2) is 6.23. The van der Waals surface area contributed by atoms with E-state index in [1.54, 1.807) is 11.8 Å². The van der Waals surface area contributed by atoms with Crippen molar-refractivity contribution in [3.8, 4) is 5.69 Å². The van der Waals surface area contributed by atoms with Crippen molar-refractivity contribution >= 4 is 0 Å². The summed E-state index contributed by atoms with van der Waals surface area (Å²) in [6, 6.07) is 7.94. The van der Waals surface area contributed by atoms with Gasteiger partial charge in [0.05, 0.1) is 18.8 Å². The molecule has 0 radical (unpaired) electrons. The molecule has 18 heavy (non-hydrogen) atoms. The van der Waals surface area contributed by atoms with Crippen molar-refractivity contribution in [2.45, 2.75) is 20.1 Å². The first kappa shape index (κ1) is 12.7. The van der Waals surface area contributed by atoms with Gasteiger partial charge in [-0.15, -0.1) is 5.10 Å². The quantitative estimate of drug-likeness (QED) is 0.822. The molecule has 1 N–H and O–H groups in total. The van der Waals surface area contributed by atoms with Crippen molar-refractivity contribution in [3.05, 3.63) is 35.7 Å². The van der Waals surface area contributed by atoms with Crippen LogP contribution in [0.15, 0.2) is 24.3 Å². The van der Waals surface area contributed by atoms with Gasteiger partial charge in [0, 0.05) is 12.7 Å². The zero-order chi connectivity index (χ0) is 12.8. The predicted molar refractivity (Wildman–Crippen MR) is 67.2 cm³/mol. The molecule has 96 valence electrons. The van der Waals surface area contributed by atoms with Gasteiger partial charge in [-0.05, 0) is 23.0 Å². The number of methoxy groups -OCH3 is 1. The molecule has 1 aromatic carbocycles. The van der Waals surface area contributed by atoms with Gasteiger partial charge in [-0.2, -0.15) is 4.68 Å². The van der Waals surface area contributed by atoms with Gasteiger partial charge < -0.3 is 10.1 Å². The van der Waals surface area contributed by atoms with E-state index in [4.69, 9.17) is 4.74 Å². The SMILES string of the molecule is CCNCc1nnnn1-c1ccccc1COC. The molecule has 6 nitrogen and oxygen atoms in total. The third-order valence-electron chi connectivity index (χ3n) is 2.59. The van der Waals surface area contributed by atoms with Gasteiger partial charge in [-0.3, -0.25) is 0 Å². The number of nitrogens with one attached hydrogen (secondary N) is 1. The third kappa shape index (κ3) is 2.72. The Morgan fingerprint density at radius 3 is 2.94 bits per heavy atom. The van der Waals surface area contributed by atoms with Gasteiger partial charge in [0.25, 0.3) is 0 Å². The van der Waals surface area contributed by atoms with Crippen LogP contribution in [0.3, 0.4) is 0 Å². The average Bonchev–Trinajstić information content (AvgIpc) is 2.85. The van der Waals surface area contributed by atoms with Gasteiger partial charge in [0.15, 0.2) is 5.82 Å². The Bertz CT molecular complexity index is 497. The lowest BCUT2D eigenvalue weighted by Gasteiger charge is -2.09. The fraction of sp³-hybridized carbons (Fsp3) is 0.417. The summed E-state index contributed by atoms with van der Waals surface area (Å²) in [5, 5.41) is 15.0. The number of benzene rings is 1. The number of rotatable bonds is 6. The number of aromatic nitrogens is 4. The van der Waals surface area contributed by atoms with Crippen LogP contribution in [0.2, 0.25) is 0 Å². The number of para-hydroxylation sites is 1. The maximum absolute atomic E-state index is 5.19. The highest BCUT2D eigenvalue weighted by molar-refractivity contribution is 5.40. The van der Waals surface area contributed by atoms with Crippen LogP contribution in [0.25, 0.3) is 5.69 Å². The summed E-state index contributed by atoms with van der Waals surface area (Å²) in [5.74, 6) is 0.792. The zero-order valence-corrected chi connectivity index (χ0v) is 10.6. The molecule has 0 bridgehead atoms. The van der Waals surface area contributed by atoms with Crippen molar-refractivity contribution in [3.63, 3.8) is 0 Å². The highest BCUT2D eigenvalue weighted by Gasteiger charge is 2.10. The van der Waals surface area contributed by atoms with Crippen molar-refractivity contribution in [2.24, 2.45) is 0 Å². The van der Waals surface area contributed by atoms with Gasteiger partial charge in [-0.25, -0.2) is 0 Å². The fourth-order valence-electron chi connectivity index (χ4n) is 1.73. The first-order valence-corrected chi connectivity index (χ1v) is 5.92. The molecule has 0 atom stereocenters. The van der Waals surface area contributed by atoms with E-state index >= 15 is 0 Å². The molecule has 0 spiro atoms. The second-order valence-electron chi connectivity index (χ2n) is 3.85. The lowest BCUT2D eigenvalue weighted by Crippen LogP contribution is -2.17. The zero-order valence-electron chi connectivity index (χ0n) is 10.6. The molecular formula is C12H17N5O. The molecule has 0 saturated heterocycles. The summed E-state index contributed by atoms with van der Waals surface area (Å²) in [6.07, 6.45) is 0. The largest absolute Gasteiger partial charge is 0.380 e. The smallest absolute Gasteiger partial charge is 0.170 e. The fourth-order valence-corrected chi connectivity index (χ4v) is 1.73. The Morgan fingerprint density at radius 2 is 2.17 bits per heavy atom. The molecule has 1 heterocycles. The van der Waals surface area contributed by atoms with Gasteiger partial charge in [0.1, 0.15) is 0 Å². The minimum Gasteiger partial charge on any atom is -0.380 e. The minimum absolute atomic E-state index is 0.538. The van der Waals surface area contributed by atoms with Crippen molar-refractivity contribution in [1.82, 2.24) is 25.5 Å². The highest BCUT2D eigenvalue weighted by atomic mass is 16.5. The number of nitrogens with zero attached hydrogens (tertiary/aromatic N) is 4. The lowest BCUT2D eigenvalue weighted by atomic mass is 10.2. The van der Waals surface area contributed by atoms with E-state index < -0.39 is 0 Å². The van der Waals surface area contributed by atoms with E-state index in [0.29, 0.717) is 13.2 Å². The van der Waals surface area contributed by atoms with Crippen molar-refractivity contribution < 1.29 is 4.74 Å². The summed E-state index contributed by atoms with van der Waals surface area (Å²) in [6.45, 7) is 4.11. The summed E-state index contributed by atoms with van der Waals surface area (Å²) >= 11 is 0. The third-order valence-corrected chi connectivity index (χ3v) is 2.59. The van der Waals surface area contributed by atoms with Crippen molar-refractivity contribution in [2.75, 3.05) is 13.7 Å². The number of hydrogen-bond acceptors (Lipinski definition) is 5. The number of tetrazole rings is 1. The molecule has 0 aliphatic heterocycles. The molecule has 0 fully saturated rings. The summed E-state index contributed by atoms with van der Waals surface area (Å²) in [4.78, 5) is 0. The van der Waals surface area contributed by atoms with Crippen LogP contribution in [-0.2, 0) is 17.9 Å². The van der Waals surface area contributed by atoms with Gasteiger partial charge in [-0.1, -0.05) is 25.1 Å². The summed E-state index contributed by atoms with van der Waals surface area (Å²) in [7, 11) is 1.68. The Hall–Kier alpha value is -1.79. The first-order valence-electron chi connectivity index (χ1n) is 5.92. The second-order valence-corrected chi connectivity index (χ2v) is 3.85. The normalized spacial score (nSPS) is 10.8. The van der Waals surface area contributed by atoms with Crippen LogP contribution < -0.4 is 5.32 Å². The molecule has 2 aromatic rings. The van der Waals surface area contributed by atoms with Gasteiger partial charge >= 0.3 is 0 Å². The Labute approximate surface area is 106 Å². The Kier molecular flexibility index (Phi) is 4.38. The molecule has 0 unspecified atom stereocenters.